The number of nitrogens with one attached hydrogen (secondary N) is 1. The number of aryl methyl sites for hydroxylation is 1. The van der Waals surface area contributed by atoms with Crippen molar-refractivity contribution in [2.75, 3.05) is 27.3 Å². The lowest BCUT2D eigenvalue weighted by Gasteiger charge is -2.16. The third-order valence-corrected chi connectivity index (χ3v) is 4.83. The number of carbonyl (C=O) groups is 1. The number of carbonyl (C=O) groups excluding carboxylic acids is 1. The Labute approximate surface area is 174 Å². The van der Waals surface area contributed by atoms with Gasteiger partial charge in [-0.2, -0.15) is 5.26 Å². The summed E-state index contributed by atoms with van der Waals surface area (Å²) in [5.74, 6) is 0.244. The molecule has 0 saturated carbocycles. The van der Waals surface area contributed by atoms with Crippen LogP contribution in [0, 0.1) is 18.3 Å². The standard InChI is InChI=1S/C22H23N5O3/c1-15-11-16(12-23)5-7-18(15)19-14-25-27(22(19)29)20-8-6-17(13-24-20)21(28)26(2)9-4-10-30-3/h5-8,11,13-14,25H,4,9-10H2,1-3H3. The number of ether oxygens (including phenoxy) is 1. The van der Waals surface area contributed by atoms with Gasteiger partial charge in [-0.1, -0.05) is 6.07 Å². The van der Waals surface area contributed by atoms with E-state index in [1.54, 1.807) is 55.6 Å². The Morgan fingerprint density at radius 2 is 2.10 bits per heavy atom. The Morgan fingerprint density at radius 3 is 2.73 bits per heavy atom. The van der Waals surface area contributed by atoms with Gasteiger partial charge in [0.2, 0.25) is 0 Å². The van der Waals surface area contributed by atoms with E-state index in [0.29, 0.717) is 35.7 Å². The second-order valence-corrected chi connectivity index (χ2v) is 6.95. The van der Waals surface area contributed by atoms with Gasteiger partial charge in [0.05, 0.1) is 22.8 Å². The van der Waals surface area contributed by atoms with E-state index >= 15 is 0 Å². The first-order valence-electron chi connectivity index (χ1n) is 9.48. The van der Waals surface area contributed by atoms with Crippen LogP contribution in [0.1, 0.15) is 27.9 Å². The highest BCUT2D eigenvalue weighted by atomic mass is 16.5. The number of methoxy groups -OCH3 is 1. The quantitative estimate of drug-likeness (QED) is 0.608. The largest absolute Gasteiger partial charge is 0.385 e. The van der Waals surface area contributed by atoms with E-state index in [2.05, 4.69) is 16.2 Å². The molecule has 8 heteroatoms. The van der Waals surface area contributed by atoms with Crippen LogP contribution in [0.2, 0.25) is 0 Å². The monoisotopic (exact) mass is 405 g/mol. The molecule has 0 fully saturated rings. The Morgan fingerprint density at radius 1 is 1.30 bits per heavy atom. The van der Waals surface area contributed by atoms with Crippen molar-refractivity contribution in [2.24, 2.45) is 0 Å². The number of nitrogens with zero attached hydrogens (tertiary/aromatic N) is 4. The predicted octanol–water partition coefficient (Wildman–Crippen LogP) is 2.52. The SMILES string of the molecule is COCCCN(C)C(=O)c1ccc(-n2[nH]cc(-c3ccc(C#N)cc3C)c2=O)nc1. The molecule has 3 rings (SSSR count). The number of H-pyrrole nitrogens is 1. The molecular formula is C22H23N5O3. The molecule has 8 nitrogen and oxygen atoms in total. The van der Waals surface area contributed by atoms with Gasteiger partial charge in [-0.25, -0.2) is 9.67 Å². The van der Waals surface area contributed by atoms with E-state index in [1.165, 1.54) is 10.9 Å². The number of nitriles is 1. The molecule has 0 saturated heterocycles. The third-order valence-electron chi connectivity index (χ3n) is 4.83. The van der Waals surface area contributed by atoms with Gasteiger partial charge in [0.15, 0.2) is 5.82 Å². The Balaban J connectivity index is 1.82. The molecule has 2 aromatic heterocycles. The molecule has 0 atom stereocenters. The summed E-state index contributed by atoms with van der Waals surface area (Å²) < 4.78 is 6.33. The molecule has 0 aliphatic heterocycles. The normalized spacial score (nSPS) is 10.6. The summed E-state index contributed by atoms with van der Waals surface area (Å²) in [6, 6.07) is 10.6. The van der Waals surface area contributed by atoms with Crippen LogP contribution in [-0.4, -0.2) is 52.9 Å². The summed E-state index contributed by atoms with van der Waals surface area (Å²) >= 11 is 0. The van der Waals surface area contributed by atoms with Crippen LogP contribution in [0.3, 0.4) is 0 Å². The molecule has 0 aliphatic rings. The molecule has 1 N–H and O–H groups in total. The summed E-state index contributed by atoms with van der Waals surface area (Å²) in [5, 5.41) is 11.9. The number of hydrogen-bond donors (Lipinski definition) is 1. The Bertz CT molecular complexity index is 1140. The van der Waals surface area contributed by atoms with Crippen molar-refractivity contribution < 1.29 is 9.53 Å². The lowest BCUT2D eigenvalue weighted by molar-refractivity contribution is 0.0779. The van der Waals surface area contributed by atoms with Gasteiger partial charge in [-0.05, 0) is 48.7 Å². The van der Waals surface area contributed by atoms with Crippen molar-refractivity contribution in [3.8, 4) is 23.0 Å². The third kappa shape index (κ3) is 4.31. The van der Waals surface area contributed by atoms with Gasteiger partial charge < -0.3 is 9.64 Å². The number of benzene rings is 1. The summed E-state index contributed by atoms with van der Waals surface area (Å²) in [7, 11) is 3.36. The average Bonchev–Trinajstić information content (AvgIpc) is 3.14. The van der Waals surface area contributed by atoms with Crippen molar-refractivity contribution in [3.05, 3.63) is 69.8 Å². The lowest BCUT2D eigenvalue weighted by atomic mass is 10.0. The fourth-order valence-corrected chi connectivity index (χ4v) is 3.18. The summed E-state index contributed by atoms with van der Waals surface area (Å²) in [4.78, 5) is 31.3. The molecule has 1 amide bonds. The number of amides is 1. The smallest absolute Gasteiger partial charge is 0.280 e. The van der Waals surface area contributed by atoms with Crippen molar-refractivity contribution in [3.63, 3.8) is 0 Å². The van der Waals surface area contributed by atoms with Crippen molar-refractivity contribution in [2.45, 2.75) is 13.3 Å². The fourth-order valence-electron chi connectivity index (χ4n) is 3.18. The molecule has 1 aromatic carbocycles. The Hall–Kier alpha value is -3.70. The zero-order valence-corrected chi connectivity index (χ0v) is 17.2. The number of hydrogen-bond acceptors (Lipinski definition) is 5. The number of pyridine rings is 1. The van der Waals surface area contributed by atoms with Gasteiger partial charge >= 0.3 is 0 Å². The van der Waals surface area contributed by atoms with Gasteiger partial charge in [-0.15, -0.1) is 0 Å². The van der Waals surface area contributed by atoms with E-state index in [1.807, 2.05) is 6.92 Å². The van der Waals surface area contributed by atoms with E-state index in [9.17, 15) is 9.59 Å². The van der Waals surface area contributed by atoms with Crippen molar-refractivity contribution >= 4 is 5.91 Å². The van der Waals surface area contributed by atoms with Crippen LogP contribution >= 0.6 is 0 Å². The minimum atomic E-state index is -0.258. The molecule has 2 heterocycles. The second-order valence-electron chi connectivity index (χ2n) is 6.95. The second kappa shape index (κ2) is 9.20. The first-order chi connectivity index (χ1) is 14.5. The summed E-state index contributed by atoms with van der Waals surface area (Å²) in [5.41, 5.74) is 2.80. The molecule has 0 unspecified atom stereocenters. The van der Waals surface area contributed by atoms with Crippen LogP contribution in [0.4, 0.5) is 0 Å². The molecule has 0 spiro atoms. The van der Waals surface area contributed by atoms with Gasteiger partial charge in [0.1, 0.15) is 0 Å². The number of rotatable bonds is 7. The van der Waals surface area contributed by atoms with Crippen LogP contribution in [-0.2, 0) is 4.74 Å². The number of aromatic nitrogens is 3. The van der Waals surface area contributed by atoms with Crippen molar-refractivity contribution in [1.29, 1.82) is 5.26 Å². The lowest BCUT2D eigenvalue weighted by Crippen LogP contribution is -2.28. The highest BCUT2D eigenvalue weighted by molar-refractivity contribution is 5.93. The average molecular weight is 405 g/mol. The maximum atomic E-state index is 12.9. The Kier molecular flexibility index (Phi) is 6.45. The molecule has 0 aliphatic carbocycles. The zero-order chi connectivity index (χ0) is 21.7. The summed E-state index contributed by atoms with van der Waals surface area (Å²) in [6.45, 7) is 3.03. The van der Waals surface area contributed by atoms with Crippen molar-refractivity contribution in [1.82, 2.24) is 19.7 Å². The van der Waals surface area contributed by atoms with Crippen LogP contribution in [0.15, 0.2) is 47.5 Å². The molecule has 154 valence electrons. The molecule has 3 aromatic rings. The molecule has 30 heavy (non-hydrogen) atoms. The maximum Gasteiger partial charge on any atom is 0.280 e. The van der Waals surface area contributed by atoms with E-state index in [-0.39, 0.29) is 11.5 Å². The van der Waals surface area contributed by atoms with E-state index < -0.39 is 0 Å². The maximum absolute atomic E-state index is 12.9. The minimum absolute atomic E-state index is 0.141. The van der Waals surface area contributed by atoms with E-state index in [4.69, 9.17) is 10.00 Å². The van der Waals surface area contributed by atoms with Gasteiger partial charge in [0, 0.05) is 39.7 Å². The van der Waals surface area contributed by atoms with Crippen LogP contribution < -0.4 is 5.56 Å². The highest BCUT2D eigenvalue weighted by Gasteiger charge is 2.15. The zero-order valence-electron chi connectivity index (χ0n) is 17.2. The molecule has 0 bridgehead atoms. The first-order valence-corrected chi connectivity index (χ1v) is 9.48. The van der Waals surface area contributed by atoms with Crippen LogP contribution in [0.5, 0.6) is 0 Å². The van der Waals surface area contributed by atoms with Gasteiger partial charge in [-0.3, -0.25) is 14.7 Å². The first kappa shape index (κ1) is 21.0. The summed E-state index contributed by atoms with van der Waals surface area (Å²) in [6.07, 6.45) is 3.82. The molecule has 0 radical (unpaired) electrons. The molecular weight excluding hydrogens is 382 g/mol. The number of aromatic amines is 1. The van der Waals surface area contributed by atoms with E-state index in [0.717, 1.165) is 17.5 Å². The predicted molar refractivity (Wildman–Crippen MR) is 113 cm³/mol. The van der Waals surface area contributed by atoms with Gasteiger partial charge in [0.25, 0.3) is 11.5 Å². The topological polar surface area (TPSA) is 104 Å². The highest BCUT2D eigenvalue weighted by Crippen LogP contribution is 2.21. The minimum Gasteiger partial charge on any atom is -0.385 e. The fraction of sp³-hybridized carbons (Fsp3) is 0.273. The van der Waals surface area contributed by atoms with Crippen LogP contribution in [0.25, 0.3) is 16.9 Å².